The summed E-state index contributed by atoms with van der Waals surface area (Å²) in [7, 11) is 0. The highest BCUT2D eigenvalue weighted by Gasteiger charge is 2.45. The van der Waals surface area contributed by atoms with Crippen LogP contribution in [0.3, 0.4) is 0 Å². The highest BCUT2D eigenvalue weighted by Crippen LogP contribution is 2.51. The maximum Gasteiger partial charge on any atom is 0.418 e. The molecule has 0 N–H and O–H groups in total. The van der Waals surface area contributed by atoms with E-state index in [-0.39, 0.29) is 48.5 Å². The molecule has 0 spiro atoms. The smallest absolute Gasteiger partial charge is 0.309 e. The average molecular weight is 1470 g/mol. The first-order valence-corrected chi connectivity index (χ1v) is 28.6. The molecule has 2 nitrogen and oxygen atoms in total. The van der Waals surface area contributed by atoms with Gasteiger partial charge in [0.1, 0.15) is 0 Å². The summed E-state index contributed by atoms with van der Waals surface area (Å²) >= 11 is 0. The summed E-state index contributed by atoms with van der Waals surface area (Å²) in [4.78, 5) is 0. The van der Waals surface area contributed by atoms with Crippen LogP contribution in [0.1, 0.15) is 55.6 Å². The third-order valence-corrected chi connectivity index (χ3v) is 16.8. The number of halogens is 30. The van der Waals surface area contributed by atoms with E-state index in [4.69, 9.17) is 0 Å². The summed E-state index contributed by atoms with van der Waals surface area (Å²) in [6, 6.07) is 14.7. The van der Waals surface area contributed by atoms with E-state index in [1.54, 1.807) is 0 Å². The van der Waals surface area contributed by atoms with Crippen molar-refractivity contribution in [2.24, 2.45) is 0 Å². The third kappa shape index (κ3) is 13.1. The van der Waals surface area contributed by atoms with Crippen molar-refractivity contribution in [3.05, 3.63) is 238 Å². The Labute approximate surface area is 549 Å². The third-order valence-electron chi connectivity index (χ3n) is 16.8. The van der Waals surface area contributed by atoms with Gasteiger partial charge in [-0.1, -0.05) is 60.7 Å². The molecule has 2 aromatic heterocycles. The molecule has 12 rings (SSSR count). The van der Waals surface area contributed by atoms with E-state index in [0.29, 0.717) is 69.8 Å². The van der Waals surface area contributed by atoms with Gasteiger partial charge in [-0.05, 0) is 177 Å². The predicted octanol–water partition coefficient (Wildman–Crippen LogP) is 26.4. The van der Waals surface area contributed by atoms with Crippen LogP contribution in [-0.4, -0.2) is 9.13 Å². The first kappa shape index (κ1) is 71.5. The highest BCUT2D eigenvalue weighted by atomic mass is 19.4. The van der Waals surface area contributed by atoms with Crippen LogP contribution in [0.5, 0.6) is 0 Å². The molecule has 0 atom stereocenters. The summed E-state index contributed by atoms with van der Waals surface area (Å²) < 4.78 is 438. The molecular formula is C70H30F30N2. The second-order valence-electron chi connectivity index (χ2n) is 23.1. The molecule has 0 bridgehead atoms. The lowest BCUT2D eigenvalue weighted by Crippen LogP contribution is -2.12. The fourth-order valence-electron chi connectivity index (χ4n) is 12.3. The molecule has 0 aliphatic heterocycles. The van der Waals surface area contributed by atoms with Crippen molar-refractivity contribution in [1.82, 2.24) is 9.13 Å². The number of rotatable bonds is 7. The summed E-state index contributed by atoms with van der Waals surface area (Å²) in [6.07, 6.45) is -54.8. The van der Waals surface area contributed by atoms with E-state index in [1.165, 1.54) is 0 Å². The van der Waals surface area contributed by atoms with Crippen molar-refractivity contribution in [2.45, 2.75) is 61.8 Å². The predicted molar refractivity (Wildman–Crippen MR) is 312 cm³/mol. The Kier molecular flexibility index (Phi) is 16.6. The molecule has 0 fully saturated rings. The standard InChI is InChI=1S/C70H30F30N2/c71-61(72,73)37-7-11-41(51(27-37)67(89,90)91)33-3-17-55-45(21-33)46-22-34(42-12-8-38(62(74,75)76)28-52(42)68(92,93)94)4-18-56(46)101(55)59-25-31(1-15-49(59)65(83,84)85)32-2-16-50(66(86,87)88)60(26-32)102-57-19-5-35(43-13-9-39(63(77,78)79)29-53(43)69(95,96)97)23-47(57)48-24-36(6-20-58(48)102)44-14-10-40(64(80,81)82)30-54(44)70(98,99)100/h1-30H. The van der Waals surface area contributed by atoms with Crippen LogP contribution in [-0.2, 0) is 61.8 Å². The summed E-state index contributed by atoms with van der Waals surface area (Å²) in [6.45, 7) is 0. The van der Waals surface area contributed by atoms with Crippen LogP contribution in [0.15, 0.2) is 182 Å². The molecule has 0 saturated carbocycles. The molecule has 32 heteroatoms. The molecule has 0 saturated heterocycles. The lowest BCUT2D eigenvalue weighted by atomic mass is 9.94. The number of fused-ring (bicyclic) bond motifs is 6. The number of hydrogen-bond acceptors (Lipinski definition) is 0. The second kappa shape index (κ2) is 23.6. The van der Waals surface area contributed by atoms with E-state index in [9.17, 15) is 105 Å². The van der Waals surface area contributed by atoms with Gasteiger partial charge in [-0.25, -0.2) is 0 Å². The van der Waals surface area contributed by atoms with Gasteiger partial charge < -0.3 is 9.13 Å². The van der Waals surface area contributed by atoms with Gasteiger partial charge in [0.15, 0.2) is 0 Å². The first-order valence-electron chi connectivity index (χ1n) is 28.6. The second-order valence-corrected chi connectivity index (χ2v) is 23.1. The van der Waals surface area contributed by atoms with E-state index < -0.39 is 228 Å². The van der Waals surface area contributed by atoms with Crippen molar-refractivity contribution >= 4 is 43.6 Å². The van der Waals surface area contributed by atoms with Crippen molar-refractivity contribution in [3.63, 3.8) is 0 Å². The Bertz CT molecular complexity index is 4760. The molecule has 0 amide bonds. The monoisotopic (exact) mass is 1470 g/mol. The zero-order chi connectivity index (χ0) is 74.7. The molecule has 0 aliphatic rings. The van der Waals surface area contributed by atoms with Crippen LogP contribution < -0.4 is 0 Å². The molecule has 2 heterocycles. The van der Waals surface area contributed by atoms with Crippen molar-refractivity contribution < 1.29 is 132 Å². The van der Waals surface area contributed by atoms with Crippen molar-refractivity contribution in [3.8, 4) is 67.0 Å². The molecule has 530 valence electrons. The number of benzene rings is 10. The molecule has 0 unspecified atom stereocenters. The molecule has 12 aromatic rings. The summed E-state index contributed by atoms with van der Waals surface area (Å²) in [5, 5.41) is -1.97. The first-order chi connectivity index (χ1) is 46.9. The van der Waals surface area contributed by atoms with E-state index in [1.807, 2.05) is 0 Å². The fourth-order valence-corrected chi connectivity index (χ4v) is 12.3. The maximum absolute atomic E-state index is 15.7. The number of alkyl halides is 30. The Morgan fingerprint density at radius 1 is 0.167 bits per heavy atom. The van der Waals surface area contributed by atoms with Gasteiger partial charge in [0.2, 0.25) is 0 Å². The van der Waals surface area contributed by atoms with Crippen molar-refractivity contribution in [2.75, 3.05) is 0 Å². The van der Waals surface area contributed by atoms with Gasteiger partial charge in [0.25, 0.3) is 0 Å². The summed E-state index contributed by atoms with van der Waals surface area (Å²) in [5.74, 6) is 0. The van der Waals surface area contributed by atoms with Gasteiger partial charge in [-0.15, -0.1) is 0 Å². The van der Waals surface area contributed by atoms with Crippen LogP contribution >= 0.6 is 0 Å². The van der Waals surface area contributed by atoms with Gasteiger partial charge in [0, 0.05) is 21.5 Å². The Morgan fingerprint density at radius 2 is 0.363 bits per heavy atom. The lowest BCUT2D eigenvalue weighted by molar-refractivity contribution is -0.144. The minimum absolute atomic E-state index is 0.242. The topological polar surface area (TPSA) is 9.86 Å². The lowest BCUT2D eigenvalue weighted by Gasteiger charge is -2.20. The highest BCUT2D eigenvalue weighted by molar-refractivity contribution is 6.13. The molecule has 10 aromatic carbocycles. The average Bonchev–Trinajstić information content (AvgIpc) is 1.56. The van der Waals surface area contributed by atoms with Crippen LogP contribution in [0.2, 0.25) is 0 Å². The minimum Gasteiger partial charge on any atom is -0.309 e. The Hall–Kier alpha value is -10.3. The quantitative estimate of drug-likeness (QED) is 0.141. The van der Waals surface area contributed by atoms with Crippen molar-refractivity contribution in [1.29, 1.82) is 0 Å². The molecule has 102 heavy (non-hydrogen) atoms. The Balaban J connectivity index is 1.12. The number of nitrogens with zero attached hydrogens (tertiary/aromatic N) is 2. The summed E-state index contributed by atoms with van der Waals surface area (Å²) in [5.41, 5.74) is -29.8. The van der Waals surface area contributed by atoms with Crippen LogP contribution in [0.4, 0.5) is 132 Å². The zero-order valence-electron chi connectivity index (χ0n) is 49.6. The van der Waals surface area contributed by atoms with Crippen LogP contribution in [0, 0.1) is 0 Å². The van der Waals surface area contributed by atoms with Gasteiger partial charge >= 0.3 is 61.8 Å². The fraction of sp³-hybridized carbons (Fsp3) is 0.143. The van der Waals surface area contributed by atoms with Gasteiger partial charge in [0.05, 0.1) is 89.1 Å². The minimum atomic E-state index is -5.58. The van der Waals surface area contributed by atoms with E-state index in [2.05, 4.69) is 0 Å². The number of aromatic nitrogens is 2. The van der Waals surface area contributed by atoms with E-state index in [0.717, 1.165) is 72.8 Å². The Morgan fingerprint density at radius 3 is 0.549 bits per heavy atom. The normalized spacial score (nSPS) is 13.6. The van der Waals surface area contributed by atoms with Gasteiger partial charge in [-0.2, -0.15) is 132 Å². The molecular weight excluding hydrogens is 1440 g/mol. The maximum atomic E-state index is 15.7. The zero-order valence-corrected chi connectivity index (χ0v) is 49.6. The molecule has 0 aliphatic carbocycles. The van der Waals surface area contributed by atoms with Crippen LogP contribution in [0.25, 0.3) is 111 Å². The van der Waals surface area contributed by atoms with E-state index >= 15 is 26.3 Å². The number of hydrogen-bond donors (Lipinski definition) is 0. The van der Waals surface area contributed by atoms with Gasteiger partial charge in [-0.3, -0.25) is 0 Å². The SMILES string of the molecule is FC(F)(F)c1ccc(-c2ccc3c(c2)c2cc(-c4ccc(C(F)(F)F)cc4C(F)(F)F)ccc2n3-c2cc(-c3ccc(C(F)(F)F)c(-n4c5ccc(-c6ccc(C(F)(F)F)cc6C(F)(F)F)cc5c5cc(-c6ccc(C(F)(F)F)cc6C(F)(F)F)ccc54)c3)ccc2C(F)(F)F)c(C(F)(F)F)c1. The molecule has 0 radical (unpaired) electrons. The largest absolute Gasteiger partial charge is 0.418 e.